The molecule has 0 amide bonds. The van der Waals surface area contributed by atoms with Gasteiger partial charge in [0.1, 0.15) is 0 Å². The van der Waals surface area contributed by atoms with Crippen LogP contribution in [-0.2, 0) is 6.18 Å². The molecule has 0 aliphatic carbocycles. The number of alkyl halides is 3. The van der Waals surface area contributed by atoms with Crippen molar-refractivity contribution in [3.05, 3.63) is 58.0 Å². The first-order chi connectivity index (χ1) is 8.39. The van der Waals surface area contributed by atoms with Gasteiger partial charge in [-0.05, 0) is 39.7 Å². The largest absolute Gasteiger partial charge is 0.457 e. The molecule has 1 atom stereocenters. The van der Waals surface area contributed by atoms with Gasteiger partial charge >= 0.3 is 6.18 Å². The first kappa shape index (κ1) is 13.2. The summed E-state index contributed by atoms with van der Waals surface area (Å²) in [7, 11) is 0. The van der Waals surface area contributed by atoms with Crippen LogP contribution >= 0.6 is 15.9 Å². The van der Waals surface area contributed by atoms with Crippen LogP contribution in [0.2, 0.25) is 0 Å². The molecule has 0 fully saturated rings. The summed E-state index contributed by atoms with van der Waals surface area (Å²) in [5, 5.41) is 0. The van der Waals surface area contributed by atoms with Crippen LogP contribution in [0.4, 0.5) is 13.2 Å². The molecule has 1 unspecified atom stereocenters. The molecule has 2 aromatic rings. The lowest BCUT2D eigenvalue weighted by atomic mass is 10.0. The van der Waals surface area contributed by atoms with E-state index in [1.54, 1.807) is 6.07 Å². The highest BCUT2D eigenvalue weighted by Crippen LogP contribution is 2.32. The molecule has 18 heavy (non-hydrogen) atoms. The minimum absolute atomic E-state index is 0.481. The molecule has 2 nitrogen and oxygen atoms in total. The Hall–Kier alpha value is -1.27. The van der Waals surface area contributed by atoms with Crippen molar-refractivity contribution < 1.29 is 17.6 Å². The zero-order valence-electron chi connectivity index (χ0n) is 9.04. The fraction of sp³-hybridized carbons (Fsp3) is 0.167. The molecule has 1 aromatic carbocycles. The van der Waals surface area contributed by atoms with Gasteiger partial charge in [0.15, 0.2) is 4.67 Å². The number of benzene rings is 1. The van der Waals surface area contributed by atoms with E-state index in [1.807, 2.05) is 0 Å². The summed E-state index contributed by atoms with van der Waals surface area (Å²) in [6.45, 7) is 0. The van der Waals surface area contributed by atoms with Crippen molar-refractivity contribution in [3.63, 3.8) is 0 Å². The van der Waals surface area contributed by atoms with Gasteiger partial charge in [-0.2, -0.15) is 13.2 Å². The number of rotatable bonds is 2. The van der Waals surface area contributed by atoms with E-state index in [-0.39, 0.29) is 0 Å². The third kappa shape index (κ3) is 2.59. The van der Waals surface area contributed by atoms with Gasteiger partial charge in [-0.25, -0.2) is 0 Å². The monoisotopic (exact) mass is 319 g/mol. The van der Waals surface area contributed by atoms with E-state index in [2.05, 4.69) is 15.9 Å². The Labute approximate surface area is 110 Å². The molecule has 0 radical (unpaired) electrons. The maximum Gasteiger partial charge on any atom is 0.416 e. The molecule has 0 spiro atoms. The topological polar surface area (TPSA) is 39.2 Å². The summed E-state index contributed by atoms with van der Waals surface area (Å²) in [6.07, 6.45) is -2.87. The molecule has 6 heteroatoms. The van der Waals surface area contributed by atoms with Gasteiger partial charge in [-0.15, -0.1) is 0 Å². The maximum atomic E-state index is 12.4. The number of furan rings is 1. The van der Waals surface area contributed by atoms with Crippen LogP contribution in [0.5, 0.6) is 0 Å². The molecule has 96 valence electrons. The zero-order chi connectivity index (χ0) is 13.3. The highest BCUT2D eigenvalue weighted by atomic mass is 79.9. The van der Waals surface area contributed by atoms with Crippen LogP contribution in [0, 0.1) is 0 Å². The second kappa shape index (κ2) is 4.78. The van der Waals surface area contributed by atoms with Crippen molar-refractivity contribution in [2.24, 2.45) is 5.73 Å². The first-order valence-corrected chi connectivity index (χ1v) is 5.84. The average Bonchev–Trinajstić information content (AvgIpc) is 2.73. The Morgan fingerprint density at radius 2 is 1.72 bits per heavy atom. The lowest BCUT2D eigenvalue weighted by molar-refractivity contribution is -0.137. The smallest absolute Gasteiger partial charge is 0.416 e. The Bertz CT molecular complexity index is 533. The Balaban J connectivity index is 2.28. The number of nitrogens with two attached hydrogens (primary N) is 1. The Morgan fingerprint density at radius 3 is 2.17 bits per heavy atom. The van der Waals surface area contributed by atoms with Crippen LogP contribution in [0.25, 0.3) is 0 Å². The van der Waals surface area contributed by atoms with Gasteiger partial charge in [0.2, 0.25) is 0 Å². The normalized spacial score (nSPS) is 13.6. The van der Waals surface area contributed by atoms with Gasteiger partial charge in [0.05, 0.1) is 17.9 Å². The van der Waals surface area contributed by atoms with Gasteiger partial charge in [-0.3, -0.25) is 0 Å². The first-order valence-electron chi connectivity index (χ1n) is 5.05. The number of hydrogen-bond acceptors (Lipinski definition) is 2. The molecule has 1 heterocycles. The van der Waals surface area contributed by atoms with Gasteiger partial charge in [0.25, 0.3) is 0 Å². The molecule has 1 aromatic heterocycles. The van der Waals surface area contributed by atoms with E-state index in [9.17, 15) is 13.2 Å². The van der Waals surface area contributed by atoms with Crippen molar-refractivity contribution in [2.45, 2.75) is 12.2 Å². The molecular formula is C12H9BrF3NO. The predicted octanol–water partition coefficient (Wildman–Crippen LogP) is 4.11. The average molecular weight is 320 g/mol. The molecule has 2 rings (SSSR count). The van der Waals surface area contributed by atoms with Crippen LogP contribution in [-0.4, -0.2) is 0 Å². The van der Waals surface area contributed by atoms with E-state index >= 15 is 0 Å². The van der Waals surface area contributed by atoms with E-state index < -0.39 is 17.8 Å². The summed E-state index contributed by atoms with van der Waals surface area (Å²) >= 11 is 3.18. The fourth-order valence-electron chi connectivity index (χ4n) is 1.59. The van der Waals surface area contributed by atoms with E-state index in [1.165, 1.54) is 18.4 Å². The zero-order valence-corrected chi connectivity index (χ0v) is 10.6. The van der Waals surface area contributed by atoms with Crippen LogP contribution < -0.4 is 5.73 Å². The van der Waals surface area contributed by atoms with E-state index in [0.717, 1.165) is 12.1 Å². The van der Waals surface area contributed by atoms with Gasteiger partial charge in [0, 0.05) is 5.56 Å². The second-order valence-corrected chi connectivity index (χ2v) is 4.47. The van der Waals surface area contributed by atoms with E-state index in [4.69, 9.17) is 10.2 Å². The fourth-order valence-corrected chi connectivity index (χ4v) is 2.07. The van der Waals surface area contributed by atoms with E-state index in [0.29, 0.717) is 15.8 Å². The molecule has 0 saturated carbocycles. The summed E-state index contributed by atoms with van der Waals surface area (Å²) in [5.41, 5.74) is 6.54. The Kier molecular flexibility index (Phi) is 3.49. The standard InChI is InChI=1S/C12H9BrF3NO/c13-11-9(5-6-18-11)10(17)7-1-3-8(4-2-7)12(14,15)16/h1-6,10H,17H2. The molecular weight excluding hydrogens is 311 g/mol. The molecule has 2 N–H and O–H groups in total. The maximum absolute atomic E-state index is 12.4. The highest BCUT2D eigenvalue weighted by Gasteiger charge is 2.30. The van der Waals surface area contributed by atoms with Crippen molar-refractivity contribution in [3.8, 4) is 0 Å². The summed E-state index contributed by atoms with van der Waals surface area (Å²) in [4.78, 5) is 0. The van der Waals surface area contributed by atoms with Gasteiger partial charge < -0.3 is 10.2 Å². The summed E-state index contributed by atoms with van der Waals surface area (Å²) < 4.78 is 42.7. The quantitative estimate of drug-likeness (QED) is 0.904. The third-order valence-electron chi connectivity index (χ3n) is 2.58. The lowest BCUT2D eigenvalue weighted by Crippen LogP contribution is -2.12. The minimum Gasteiger partial charge on any atom is -0.457 e. The molecule has 0 aliphatic heterocycles. The van der Waals surface area contributed by atoms with Gasteiger partial charge in [-0.1, -0.05) is 12.1 Å². The van der Waals surface area contributed by atoms with Crippen molar-refractivity contribution in [1.82, 2.24) is 0 Å². The summed E-state index contributed by atoms with van der Waals surface area (Å²) in [6, 6.07) is 5.92. The lowest BCUT2D eigenvalue weighted by Gasteiger charge is -2.12. The SMILES string of the molecule is NC(c1ccc(C(F)(F)F)cc1)c1ccoc1Br. The second-order valence-electron chi connectivity index (χ2n) is 3.75. The van der Waals surface area contributed by atoms with Crippen molar-refractivity contribution in [1.29, 1.82) is 0 Å². The minimum atomic E-state index is -4.33. The third-order valence-corrected chi connectivity index (χ3v) is 3.22. The van der Waals surface area contributed by atoms with Crippen LogP contribution in [0.15, 0.2) is 45.7 Å². The van der Waals surface area contributed by atoms with Crippen LogP contribution in [0.1, 0.15) is 22.7 Å². The molecule has 0 bridgehead atoms. The van der Waals surface area contributed by atoms with Crippen LogP contribution in [0.3, 0.4) is 0 Å². The Morgan fingerprint density at radius 1 is 1.11 bits per heavy atom. The number of hydrogen-bond donors (Lipinski definition) is 1. The highest BCUT2D eigenvalue weighted by molar-refractivity contribution is 9.10. The molecule has 0 aliphatic rings. The van der Waals surface area contributed by atoms with Crippen molar-refractivity contribution >= 4 is 15.9 Å². The predicted molar refractivity (Wildman–Crippen MR) is 63.9 cm³/mol. The summed E-state index contributed by atoms with van der Waals surface area (Å²) in [5.74, 6) is 0. The number of halogens is 4. The van der Waals surface area contributed by atoms with Crippen molar-refractivity contribution in [2.75, 3.05) is 0 Å². The molecule has 0 saturated heterocycles.